The molecule has 0 aromatic rings. The topological polar surface area (TPSA) is 101 Å². The van der Waals surface area contributed by atoms with E-state index in [9.17, 15) is 15.0 Å². The minimum atomic E-state index is -1.09. The molecule has 0 saturated heterocycles. The summed E-state index contributed by atoms with van der Waals surface area (Å²) in [5, 5.41) is 21.8. The maximum atomic E-state index is 12.5. The Morgan fingerprint density at radius 3 is 2.56 bits per heavy atom. The van der Waals surface area contributed by atoms with Crippen molar-refractivity contribution in [2.75, 3.05) is 20.6 Å². The van der Waals surface area contributed by atoms with Gasteiger partial charge in [-0.1, -0.05) is 12.7 Å². The van der Waals surface area contributed by atoms with Crippen LogP contribution in [0.25, 0.3) is 0 Å². The third-order valence-electron chi connectivity index (χ3n) is 4.86. The number of carbonyl (C=O) groups excluding carboxylic acids is 1. The fourth-order valence-corrected chi connectivity index (χ4v) is 3.57. The molecular weight excluding hydrogens is 346 g/mol. The zero-order chi connectivity index (χ0) is 20.2. The third-order valence-corrected chi connectivity index (χ3v) is 4.86. The van der Waals surface area contributed by atoms with Gasteiger partial charge in [0.1, 0.15) is 12.1 Å². The number of amides is 1. The first kappa shape index (κ1) is 21.1. The number of hydrazine groups is 1. The Morgan fingerprint density at radius 1 is 1.41 bits per heavy atom. The number of hydrogen-bond donors (Lipinski definition) is 3. The summed E-state index contributed by atoms with van der Waals surface area (Å²) < 4.78 is 0. The highest BCUT2D eigenvalue weighted by Gasteiger charge is 2.36. The predicted molar refractivity (Wildman–Crippen MR) is 106 cm³/mol. The fourth-order valence-electron chi connectivity index (χ4n) is 3.57. The fraction of sp³-hybridized carbons (Fsp3) is 0.632. The first-order valence-electron chi connectivity index (χ1n) is 9.26. The van der Waals surface area contributed by atoms with Crippen LogP contribution in [0.15, 0.2) is 34.4 Å². The van der Waals surface area contributed by atoms with Crippen molar-refractivity contribution < 1.29 is 15.0 Å². The van der Waals surface area contributed by atoms with Gasteiger partial charge in [-0.25, -0.2) is 0 Å². The SMILES string of the molecule is C=C/C=C(\N(C)NC1=NCC(=O)N(C2CCC(O)CC2)C1=NC)C(C)(C)O. The monoisotopic (exact) mass is 377 g/mol. The largest absolute Gasteiger partial charge is 0.393 e. The molecule has 1 heterocycles. The van der Waals surface area contributed by atoms with E-state index in [0.29, 0.717) is 30.2 Å². The van der Waals surface area contributed by atoms with Gasteiger partial charge in [-0.05, 0) is 45.6 Å². The highest BCUT2D eigenvalue weighted by Crippen LogP contribution is 2.25. The molecule has 0 atom stereocenters. The van der Waals surface area contributed by atoms with Crippen molar-refractivity contribution in [1.29, 1.82) is 0 Å². The molecule has 1 aliphatic heterocycles. The van der Waals surface area contributed by atoms with Crippen molar-refractivity contribution in [2.45, 2.75) is 57.3 Å². The summed E-state index contributed by atoms with van der Waals surface area (Å²) in [6.45, 7) is 7.10. The Hall–Kier alpha value is -2.19. The lowest BCUT2D eigenvalue weighted by atomic mass is 9.91. The molecule has 2 rings (SSSR count). The standard InChI is InChI=1S/C19H31N5O3/c1-6-7-15(19(2,3)27)23(5)22-17-18(20-4)24(16(26)12-21-17)13-8-10-14(25)11-9-13/h6-7,13-14,25,27H,1,8-12H2,2-5H3,(H,21,22)/b15-7-,20-18?. The number of amidine groups is 2. The molecule has 0 bridgehead atoms. The van der Waals surface area contributed by atoms with Crippen molar-refractivity contribution in [3.63, 3.8) is 0 Å². The number of carbonyl (C=O) groups is 1. The van der Waals surface area contributed by atoms with E-state index in [1.807, 2.05) is 0 Å². The number of aliphatic hydroxyl groups excluding tert-OH is 1. The van der Waals surface area contributed by atoms with E-state index in [4.69, 9.17) is 0 Å². The van der Waals surface area contributed by atoms with Crippen molar-refractivity contribution >= 4 is 17.6 Å². The molecular formula is C19H31N5O3. The minimum absolute atomic E-state index is 0.00896. The highest BCUT2D eigenvalue weighted by molar-refractivity contribution is 6.44. The van der Waals surface area contributed by atoms with Crippen molar-refractivity contribution in [3.8, 4) is 0 Å². The van der Waals surface area contributed by atoms with Crippen LogP contribution >= 0.6 is 0 Å². The van der Waals surface area contributed by atoms with Crippen molar-refractivity contribution in [2.24, 2.45) is 9.98 Å². The van der Waals surface area contributed by atoms with Crippen LogP contribution in [0.2, 0.25) is 0 Å². The number of rotatable bonds is 5. The molecule has 1 fully saturated rings. The number of likely N-dealkylation sites (N-methyl/N-ethyl adjacent to an activating group) is 1. The van der Waals surface area contributed by atoms with Crippen LogP contribution in [0.5, 0.6) is 0 Å². The molecule has 1 aliphatic carbocycles. The lowest BCUT2D eigenvalue weighted by Gasteiger charge is -2.39. The van der Waals surface area contributed by atoms with Crippen LogP contribution in [0.1, 0.15) is 39.5 Å². The summed E-state index contributed by atoms with van der Waals surface area (Å²) in [6.07, 6.45) is 5.85. The molecule has 0 aromatic heterocycles. The average Bonchev–Trinajstić information content (AvgIpc) is 2.60. The van der Waals surface area contributed by atoms with Crippen LogP contribution in [-0.4, -0.2) is 76.1 Å². The van der Waals surface area contributed by atoms with Crippen LogP contribution in [0.4, 0.5) is 0 Å². The van der Waals surface area contributed by atoms with Gasteiger partial charge in [0.05, 0.1) is 11.8 Å². The van der Waals surface area contributed by atoms with Gasteiger partial charge in [-0.15, -0.1) is 0 Å². The predicted octanol–water partition coefficient (Wildman–Crippen LogP) is 0.836. The molecule has 0 aromatic carbocycles. The van der Waals surface area contributed by atoms with E-state index in [1.165, 1.54) is 0 Å². The minimum Gasteiger partial charge on any atom is -0.393 e. The quantitative estimate of drug-likeness (QED) is 0.487. The third kappa shape index (κ3) is 4.95. The van der Waals surface area contributed by atoms with E-state index in [1.54, 1.807) is 50.0 Å². The summed E-state index contributed by atoms with van der Waals surface area (Å²) in [5.41, 5.74) is 2.65. The Morgan fingerprint density at radius 2 is 2.04 bits per heavy atom. The second-order valence-electron chi connectivity index (χ2n) is 7.46. The van der Waals surface area contributed by atoms with Gasteiger partial charge >= 0.3 is 0 Å². The van der Waals surface area contributed by atoms with Gasteiger partial charge in [0.15, 0.2) is 11.7 Å². The van der Waals surface area contributed by atoms with Crippen molar-refractivity contribution in [1.82, 2.24) is 15.3 Å². The summed E-state index contributed by atoms with van der Waals surface area (Å²) in [6, 6.07) is 0.00896. The second kappa shape index (κ2) is 8.67. The average molecular weight is 377 g/mol. The number of hydrogen-bond acceptors (Lipinski definition) is 7. The summed E-state index contributed by atoms with van der Waals surface area (Å²) in [5.74, 6) is 0.868. The van der Waals surface area contributed by atoms with E-state index < -0.39 is 5.60 Å². The normalized spacial score (nSPS) is 26.1. The lowest BCUT2D eigenvalue weighted by Crippen LogP contribution is -2.58. The lowest BCUT2D eigenvalue weighted by molar-refractivity contribution is -0.128. The molecule has 0 spiro atoms. The van der Waals surface area contributed by atoms with Crippen LogP contribution in [-0.2, 0) is 4.79 Å². The Bertz CT molecular complexity index is 655. The summed E-state index contributed by atoms with van der Waals surface area (Å²) in [4.78, 5) is 22.9. The summed E-state index contributed by atoms with van der Waals surface area (Å²) >= 11 is 0. The smallest absolute Gasteiger partial charge is 0.250 e. The van der Waals surface area contributed by atoms with Crippen LogP contribution in [0.3, 0.4) is 0 Å². The van der Waals surface area contributed by atoms with E-state index in [2.05, 4.69) is 22.0 Å². The Balaban J connectivity index is 2.23. The molecule has 27 heavy (non-hydrogen) atoms. The second-order valence-corrected chi connectivity index (χ2v) is 7.46. The maximum absolute atomic E-state index is 12.5. The Kier molecular flexibility index (Phi) is 6.78. The van der Waals surface area contributed by atoms with E-state index in [0.717, 1.165) is 12.8 Å². The first-order valence-corrected chi connectivity index (χ1v) is 9.26. The molecule has 150 valence electrons. The van der Waals surface area contributed by atoms with Crippen LogP contribution < -0.4 is 5.43 Å². The first-order chi connectivity index (χ1) is 12.7. The molecule has 1 amide bonds. The van der Waals surface area contributed by atoms with Crippen molar-refractivity contribution in [3.05, 3.63) is 24.4 Å². The van der Waals surface area contributed by atoms with Gasteiger partial charge in [0.2, 0.25) is 5.91 Å². The molecule has 8 heteroatoms. The maximum Gasteiger partial charge on any atom is 0.250 e. The van der Waals surface area contributed by atoms with Gasteiger partial charge in [0.25, 0.3) is 0 Å². The van der Waals surface area contributed by atoms with Gasteiger partial charge in [0, 0.05) is 20.1 Å². The Labute approximate surface area is 160 Å². The number of aliphatic hydroxyl groups is 2. The number of allylic oxidation sites excluding steroid dienone is 2. The number of aliphatic imine (C=N–C) groups is 2. The number of nitrogens with one attached hydrogen (secondary N) is 1. The zero-order valence-corrected chi connectivity index (χ0v) is 16.6. The van der Waals surface area contributed by atoms with E-state index in [-0.39, 0.29) is 24.6 Å². The molecule has 8 nitrogen and oxygen atoms in total. The molecule has 2 aliphatic rings. The number of nitrogens with zero attached hydrogens (tertiary/aromatic N) is 4. The molecule has 0 radical (unpaired) electrons. The summed E-state index contributed by atoms with van der Waals surface area (Å²) in [7, 11) is 3.40. The highest BCUT2D eigenvalue weighted by atomic mass is 16.3. The van der Waals surface area contributed by atoms with E-state index >= 15 is 0 Å². The van der Waals surface area contributed by atoms with Gasteiger partial charge in [-0.2, -0.15) is 0 Å². The van der Waals surface area contributed by atoms with Gasteiger partial charge < -0.3 is 10.2 Å². The molecule has 1 saturated carbocycles. The van der Waals surface area contributed by atoms with Crippen LogP contribution in [0, 0.1) is 0 Å². The molecule has 0 unspecified atom stereocenters. The zero-order valence-electron chi connectivity index (χ0n) is 16.6. The van der Waals surface area contributed by atoms with Gasteiger partial charge in [-0.3, -0.25) is 30.1 Å². The molecule has 3 N–H and O–H groups in total.